The molecule has 1 fully saturated rings. The lowest BCUT2D eigenvalue weighted by atomic mass is 9.96. The number of nitrogens with zero attached hydrogens (tertiary/aromatic N) is 1. The van der Waals surface area contributed by atoms with E-state index in [0.29, 0.717) is 45.8 Å². The van der Waals surface area contributed by atoms with Crippen molar-refractivity contribution in [2.45, 2.75) is 26.2 Å². The Morgan fingerprint density at radius 2 is 1.84 bits per heavy atom. The van der Waals surface area contributed by atoms with Crippen LogP contribution in [0.3, 0.4) is 0 Å². The third kappa shape index (κ3) is 5.57. The molecule has 0 unspecified atom stereocenters. The molecular formula is C30H30BrN3O4. The zero-order chi connectivity index (χ0) is 26.6. The van der Waals surface area contributed by atoms with E-state index in [1.807, 2.05) is 36.4 Å². The molecule has 5 rings (SSSR count). The van der Waals surface area contributed by atoms with Gasteiger partial charge in [-0.25, -0.2) is 0 Å². The molecule has 2 N–H and O–H groups in total. The van der Waals surface area contributed by atoms with E-state index < -0.39 is 0 Å². The van der Waals surface area contributed by atoms with E-state index in [1.165, 1.54) is 0 Å². The highest BCUT2D eigenvalue weighted by atomic mass is 79.9. The molecule has 2 aromatic carbocycles. The van der Waals surface area contributed by atoms with Crippen LogP contribution < -0.4 is 5.32 Å². The van der Waals surface area contributed by atoms with Gasteiger partial charge in [-0.05, 0) is 56.1 Å². The number of rotatable bonds is 9. The number of amides is 1. The molecule has 0 saturated carbocycles. The highest BCUT2D eigenvalue weighted by molar-refractivity contribution is 9.10. The Morgan fingerprint density at radius 3 is 2.61 bits per heavy atom. The van der Waals surface area contributed by atoms with Gasteiger partial charge in [0.25, 0.3) is 5.91 Å². The van der Waals surface area contributed by atoms with Crippen molar-refractivity contribution in [1.29, 1.82) is 0 Å². The molecule has 0 aliphatic carbocycles. The monoisotopic (exact) mass is 575 g/mol. The summed E-state index contributed by atoms with van der Waals surface area (Å²) in [6.07, 6.45) is 3.75. The fourth-order valence-corrected chi connectivity index (χ4v) is 5.41. The number of fused-ring (bicyclic) bond motifs is 1. The summed E-state index contributed by atoms with van der Waals surface area (Å²) >= 11 is 3.47. The Balaban J connectivity index is 1.44. The Kier molecular flexibility index (Phi) is 8.02. The first-order valence-electron chi connectivity index (χ1n) is 12.9. The van der Waals surface area contributed by atoms with Crippen LogP contribution in [0.5, 0.6) is 0 Å². The number of morpholine rings is 1. The number of aromatic amines is 1. The van der Waals surface area contributed by atoms with E-state index in [0.717, 1.165) is 55.7 Å². The van der Waals surface area contributed by atoms with Crippen LogP contribution in [0.15, 0.2) is 53.0 Å². The molecule has 0 atom stereocenters. The van der Waals surface area contributed by atoms with Crippen LogP contribution in [0.2, 0.25) is 0 Å². The number of benzene rings is 2. The molecule has 7 nitrogen and oxygen atoms in total. The van der Waals surface area contributed by atoms with Crippen molar-refractivity contribution in [2.75, 3.05) is 38.2 Å². The maximum absolute atomic E-state index is 13.6. The lowest BCUT2D eigenvalue weighted by molar-refractivity contribution is -0.110. The van der Waals surface area contributed by atoms with Crippen molar-refractivity contribution in [3.63, 3.8) is 0 Å². The largest absolute Gasteiger partial charge is 0.379 e. The van der Waals surface area contributed by atoms with Crippen molar-refractivity contribution in [1.82, 2.24) is 9.88 Å². The number of H-pyrrole nitrogens is 1. The Hall–Kier alpha value is -3.33. The predicted octanol–water partition coefficient (Wildman–Crippen LogP) is 5.49. The van der Waals surface area contributed by atoms with Gasteiger partial charge in [-0.3, -0.25) is 19.3 Å². The van der Waals surface area contributed by atoms with E-state index in [-0.39, 0.29) is 17.5 Å². The number of aromatic nitrogens is 1. The second-order valence-electron chi connectivity index (χ2n) is 9.65. The summed E-state index contributed by atoms with van der Waals surface area (Å²) in [4.78, 5) is 45.4. The zero-order valence-electron chi connectivity index (χ0n) is 21.3. The van der Waals surface area contributed by atoms with Gasteiger partial charge in [0.2, 0.25) is 0 Å². The minimum absolute atomic E-state index is 0.0322. The molecule has 38 heavy (non-hydrogen) atoms. The van der Waals surface area contributed by atoms with Crippen molar-refractivity contribution in [3.05, 3.63) is 86.6 Å². The highest BCUT2D eigenvalue weighted by Crippen LogP contribution is 2.36. The number of anilines is 1. The number of Topliss-reactive ketones (excluding diaryl/α,β-unsaturated/α-hetero) is 1. The minimum atomic E-state index is -0.251. The normalized spacial score (nSPS) is 16.5. The van der Waals surface area contributed by atoms with Crippen LogP contribution >= 0.6 is 15.9 Å². The van der Waals surface area contributed by atoms with Crippen LogP contribution in [0.1, 0.15) is 62.5 Å². The van der Waals surface area contributed by atoms with Crippen LogP contribution in [0.25, 0.3) is 11.6 Å². The average Bonchev–Trinajstić information content (AvgIpc) is 3.42. The summed E-state index contributed by atoms with van der Waals surface area (Å²) in [5, 5.41) is 2.88. The lowest BCUT2D eigenvalue weighted by Crippen LogP contribution is -2.36. The molecule has 0 spiro atoms. The standard InChI is InChI=1S/C30H30BrN3O4/c1-19-27(29(36)20-7-3-2-4-8-20)25(18-23-22-17-21(31)10-11-24(22)33-30(23)37)32-28(19)26(35)9-5-6-12-34-13-15-38-16-14-34/h2-4,7-8,10-11,17-18,32H,5-6,9,12-16H2,1H3,(H,33,37)/b23-18-. The Bertz CT molecular complexity index is 1400. The van der Waals surface area contributed by atoms with Gasteiger partial charge in [-0.15, -0.1) is 0 Å². The summed E-state index contributed by atoms with van der Waals surface area (Å²) in [6.45, 7) is 6.13. The number of ketones is 2. The number of hydrogen-bond acceptors (Lipinski definition) is 5. The molecule has 2 aliphatic heterocycles. The smallest absolute Gasteiger partial charge is 0.256 e. The third-order valence-electron chi connectivity index (χ3n) is 7.11. The first-order valence-corrected chi connectivity index (χ1v) is 13.7. The SMILES string of the molecule is Cc1c(C(=O)CCCCN2CCOCC2)[nH]c(/C=C2\C(=O)Nc3ccc(Br)cc32)c1C(=O)c1ccccc1. The summed E-state index contributed by atoms with van der Waals surface area (Å²) in [6, 6.07) is 14.6. The second kappa shape index (κ2) is 11.6. The number of halogens is 1. The summed E-state index contributed by atoms with van der Waals surface area (Å²) in [7, 11) is 0. The quantitative estimate of drug-likeness (QED) is 0.200. The van der Waals surface area contributed by atoms with E-state index in [1.54, 1.807) is 25.1 Å². The van der Waals surface area contributed by atoms with Gasteiger partial charge in [-0.2, -0.15) is 0 Å². The van der Waals surface area contributed by atoms with Gasteiger partial charge in [0.1, 0.15) is 0 Å². The Morgan fingerprint density at radius 1 is 1.08 bits per heavy atom. The van der Waals surface area contributed by atoms with Gasteiger partial charge in [0.05, 0.1) is 35.7 Å². The van der Waals surface area contributed by atoms with E-state index in [4.69, 9.17) is 4.74 Å². The Labute approximate surface area is 230 Å². The molecule has 2 aliphatic rings. The van der Waals surface area contributed by atoms with Crippen LogP contribution in [-0.2, 0) is 9.53 Å². The number of nitrogens with one attached hydrogen (secondary N) is 2. The zero-order valence-corrected chi connectivity index (χ0v) is 22.9. The minimum Gasteiger partial charge on any atom is -0.379 e. The van der Waals surface area contributed by atoms with E-state index in [9.17, 15) is 14.4 Å². The molecule has 1 saturated heterocycles. The molecule has 0 bridgehead atoms. The fraction of sp³-hybridized carbons (Fsp3) is 0.300. The summed E-state index contributed by atoms with van der Waals surface area (Å²) in [5.74, 6) is -0.472. The van der Waals surface area contributed by atoms with Gasteiger partial charge in [0.15, 0.2) is 11.6 Å². The highest BCUT2D eigenvalue weighted by Gasteiger charge is 2.28. The number of ether oxygens (including phenoxy) is 1. The second-order valence-corrected chi connectivity index (χ2v) is 10.6. The molecule has 1 amide bonds. The molecule has 0 radical (unpaired) electrons. The number of hydrogen-bond donors (Lipinski definition) is 2. The number of carbonyl (C=O) groups excluding carboxylic acids is 3. The first-order chi connectivity index (χ1) is 18.4. The van der Waals surface area contributed by atoms with Crippen LogP contribution in [0, 0.1) is 6.92 Å². The van der Waals surface area contributed by atoms with Gasteiger partial charge in [-0.1, -0.05) is 46.3 Å². The van der Waals surface area contributed by atoms with Gasteiger partial charge in [0, 0.05) is 40.8 Å². The van der Waals surface area contributed by atoms with E-state index in [2.05, 4.69) is 31.1 Å². The van der Waals surface area contributed by atoms with E-state index >= 15 is 0 Å². The van der Waals surface area contributed by atoms with Crippen molar-refractivity contribution < 1.29 is 19.1 Å². The predicted molar refractivity (Wildman–Crippen MR) is 151 cm³/mol. The third-order valence-corrected chi connectivity index (χ3v) is 7.60. The first kappa shape index (κ1) is 26.3. The number of unbranched alkanes of at least 4 members (excludes halogenated alkanes) is 1. The maximum atomic E-state index is 13.6. The molecule has 8 heteroatoms. The van der Waals surface area contributed by atoms with Gasteiger partial charge >= 0.3 is 0 Å². The molecule has 3 heterocycles. The summed E-state index contributed by atoms with van der Waals surface area (Å²) < 4.78 is 6.24. The topological polar surface area (TPSA) is 91.5 Å². The summed E-state index contributed by atoms with van der Waals surface area (Å²) in [5.41, 5.74) is 4.33. The average molecular weight is 576 g/mol. The number of carbonyl (C=O) groups is 3. The van der Waals surface area contributed by atoms with Crippen LogP contribution in [0.4, 0.5) is 5.69 Å². The molecule has 3 aromatic rings. The van der Waals surface area contributed by atoms with Crippen LogP contribution in [-0.4, -0.2) is 60.2 Å². The van der Waals surface area contributed by atoms with Crippen molar-refractivity contribution in [3.8, 4) is 0 Å². The van der Waals surface area contributed by atoms with Gasteiger partial charge < -0.3 is 15.0 Å². The fourth-order valence-electron chi connectivity index (χ4n) is 5.05. The van der Waals surface area contributed by atoms with Crippen molar-refractivity contribution in [2.24, 2.45) is 0 Å². The maximum Gasteiger partial charge on any atom is 0.256 e. The van der Waals surface area contributed by atoms with Crippen molar-refractivity contribution >= 4 is 50.7 Å². The molecule has 1 aromatic heterocycles. The molecule has 196 valence electrons. The molecular weight excluding hydrogens is 546 g/mol. The lowest BCUT2D eigenvalue weighted by Gasteiger charge is -2.26.